The van der Waals surface area contributed by atoms with E-state index in [-0.39, 0.29) is 5.54 Å². The van der Waals surface area contributed by atoms with Crippen LogP contribution in [0, 0.1) is 0 Å². The summed E-state index contributed by atoms with van der Waals surface area (Å²) in [6.07, 6.45) is 2.38. The molecular weight excluding hydrogens is 289 g/mol. The summed E-state index contributed by atoms with van der Waals surface area (Å²) in [4.78, 5) is 0. The highest BCUT2D eigenvalue weighted by Gasteiger charge is 2.40. The number of rotatable bonds is 6. The van der Waals surface area contributed by atoms with Gasteiger partial charge in [0.1, 0.15) is 12.4 Å². The van der Waals surface area contributed by atoms with E-state index in [2.05, 4.69) is 21.2 Å². The average Bonchev–Trinajstić information content (AvgIpc) is 3.05. The van der Waals surface area contributed by atoms with Gasteiger partial charge in [-0.2, -0.15) is 0 Å². The number of ether oxygens (including phenoxy) is 1. The quantitative estimate of drug-likeness (QED) is 0.644. The Hall–Kier alpha value is -0.250. The van der Waals surface area contributed by atoms with Crippen LogP contribution in [0.4, 0.5) is 0 Å². The van der Waals surface area contributed by atoms with Crippen molar-refractivity contribution in [2.45, 2.75) is 18.4 Å². The molecule has 0 aliphatic heterocycles. The molecule has 1 aromatic carbocycles. The van der Waals surface area contributed by atoms with E-state index in [4.69, 9.17) is 16.3 Å². The Labute approximate surface area is 109 Å². The van der Waals surface area contributed by atoms with Crippen LogP contribution in [-0.2, 0) is 0 Å². The van der Waals surface area contributed by atoms with E-state index >= 15 is 0 Å². The Morgan fingerprint density at radius 1 is 1.44 bits per heavy atom. The fourth-order valence-electron chi connectivity index (χ4n) is 1.55. The molecule has 16 heavy (non-hydrogen) atoms. The molecule has 0 spiro atoms. The monoisotopic (exact) mass is 303 g/mol. The molecule has 1 N–H and O–H groups in total. The van der Waals surface area contributed by atoms with E-state index in [1.807, 2.05) is 24.3 Å². The maximum absolute atomic E-state index is 5.86. The highest BCUT2D eigenvalue weighted by atomic mass is 79.9. The third-order valence-corrected chi connectivity index (χ3v) is 3.78. The van der Waals surface area contributed by atoms with Crippen LogP contribution in [0.2, 0.25) is 0 Å². The number of benzene rings is 1. The molecule has 1 aromatic rings. The third kappa shape index (κ3) is 3.37. The van der Waals surface area contributed by atoms with Crippen molar-refractivity contribution in [1.29, 1.82) is 0 Å². The molecule has 0 bridgehead atoms. The summed E-state index contributed by atoms with van der Waals surface area (Å²) >= 11 is 9.27. The summed E-state index contributed by atoms with van der Waals surface area (Å²) in [5.74, 6) is 1.59. The van der Waals surface area contributed by atoms with Gasteiger partial charge in [0.2, 0.25) is 0 Å². The van der Waals surface area contributed by atoms with Gasteiger partial charge in [0.15, 0.2) is 0 Å². The van der Waals surface area contributed by atoms with E-state index in [0.717, 1.165) is 16.8 Å². The fraction of sp³-hybridized carbons (Fsp3) is 0.500. The van der Waals surface area contributed by atoms with Crippen LogP contribution in [-0.4, -0.2) is 24.6 Å². The lowest BCUT2D eigenvalue weighted by Crippen LogP contribution is -2.35. The minimum Gasteiger partial charge on any atom is -0.492 e. The summed E-state index contributed by atoms with van der Waals surface area (Å²) in [7, 11) is 0. The van der Waals surface area contributed by atoms with Crippen LogP contribution in [0.15, 0.2) is 28.7 Å². The summed E-state index contributed by atoms with van der Waals surface area (Å²) in [6.45, 7) is 1.52. The first-order chi connectivity index (χ1) is 7.74. The molecule has 1 aliphatic carbocycles. The van der Waals surface area contributed by atoms with Gasteiger partial charge in [0, 0.05) is 22.4 Å². The SMILES string of the molecule is ClCC1(NCCOc2cccc(Br)c2)CC1. The average molecular weight is 305 g/mol. The summed E-state index contributed by atoms with van der Waals surface area (Å²) in [6, 6.07) is 7.87. The molecule has 0 aromatic heterocycles. The van der Waals surface area contributed by atoms with Crippen molar-refractivity contribution in [1.82, 2.24) is 5.32 Å². The van der Waals surface area contributed by atoms with E-state index < -0.39 is 0 Å². The van der Waals surface area contributed by atoms with Gasteiger partial charge in [-0.15, -0.1) is 11.6 Å². The molecule has 0 amide bonds. The maximum Gasteiger partial charge on any atom is 0.120 e. The highest BCUT2D eigenvalue weighted by Crippen LogP contribution is 2.36. The van der Waals surface area contributed by atoms with Gasteiger partial charge in [-0.3, -0.25) is 0 Å². The lowest BCUT2D eigenvalue weighted by Gasteiger charge is -2.14. The van der Waals surface area contributed by atoms with Gasteiger partial charge < -0.3 is 10.1 Å². The molecule has 4 heteroatoms. The zero-order valence-corrected chi connectivity index (χ0v) is 11.4. The molecule has 0 radical (unpaired) electrons. The predicted molar refractivity (Wildman–Crippen MR) is 70.3 cm³/mol. The standard InChI is InChI=1S/C12H15BrClNO/c13-10-2-1-3-11(8-10)16-7-6-15-12(9-14)4-5-12/h1-3,8,15H,4-7,9H2. The van der Waals surface area contributed by atoms with E-state index in [9.17, 15) is 0 Å². The van der Waals surface area contributed by atoms with E-state index in [1.54, 1.807) is 0 Å². The molecule has 1 saturated carbocycles. The van der Waals surface area contributed by atoms with Crippen molar-refractivity contribution in [3.05, 3.63) is 28.7 Å². The van der Waals surface area contributed by atoms with Gasteiger partial charge in [-0.05, 0) is 31.0 Å². The second-order valence-corrected chi connectivity index (χ2v) is 5.33. The molecule has 88 valence electrons. The van der Waals surface area contributed by atoms with Crippen LogP contribution in [0.5, 0.6) is 5.75 Å². The van der Waals surface area contributed by atoms with Crippen molar-refractivity contribution in [3.63, 3.8) is 0 Å². The first-order valence-corrected chi connectivity index (χ1v) is 6.76. The Bertz CT molecular complexity index is 355. The first-order valence-electron chi connectivity index (χ1n) is 5.43. The third-order valence-electron chi connectivity index (χ3n) is 2.78. The topological polar surface area (TPSA) is 21.3 Å². The van der Waals surface area contributed by atoms with Crippen molar-refractivity contribution < 1.29 is 4.74 Å². The Balaban J connectivity index is 1.68. The zero-order valence-electron chi connectivity index (χ0n) is 9.01. The van der Waals surface area contributed by atoms with Crippen LogP contribution in [0.1, 0.15) is 12.8 Å². The molecule has 2 nitrogen and oxygen atoms in total. The minimum atomic E-state index is 0.211. The molecule has 0 unspecified atom stereocenters. The van der Waals surface area contributed by atoms with Crippen molar-refractivity contribution in [3.8, 4) is 5.75 Å². The van der Waals surface area contributed by atoms with Gasteiger partial charge >= 0.3 is 0 Å². The lowest BCUT2D eigenvalue weighted by molar-refractivity contribution is 0.305. The number of halogens is 2. The van der Waals surface area contributed by atoms with Crippen LogP contribution >= 0.6 is 27.5 Å². The van der Waals surface area contributed by atoms with E-state index in [0.29, 0.717) is 12.5 Å². The molecule has 0 heterocycles. The predicted octanol–water partition coefficient (Wildman–Crippen LogP) is 3.19. The number of alkyl halides is 1. The largest absolute Gasteiger partial charge is 0.492 e. The minimum absolute atomic E-state index is 0.211. The van der Waals surface area contributed by atoms with Gasteiger partial charge in [0.05, 0.1) is 0 Å². The highest BCUT2D eigenvalue weighted by molar-refractivity contribution is 9.10. The van der Waals surface area contributed by atoms with Crippen LogP contribution < -0.4 is 10.1 Å². The van der Waals surface area contributed by atoms with Gasteiger partial charge in [0.25, 0.3) is 0 Å². The van der Waals surface area contributed by atoms with Crippen molar-refractivity contribution in [2.24, 2.45) is 0 Å². The number of hydrogen-bond donors (Lipinski definition) is 1. The Morgan fingerprint density at radius 2 is 2.25 bits per heavy atom. The normalized spacial score (nSPS) is 17.1. The molecule has 1 aliphatic rings. The fourth-order valence-corrected chi connectivity index (χ4v) is 2.29. The molecule has 2 rings (SSSR count). The second-order valence-electron chi connectivity index (χ2n) is 4.15. The van der Waals surface area contributed by atoms with Crippen LogP contribution in [0.25, 0.3) is 0 Å². The first kappa shape index (κ1) is 12.2. The second kappa shape index (κ2) is 5.39. The van der Waals surface area contributed by atoms with Gasteiger partial charge in [-0.25, -0.2) is 0 Å². The molecular formula is C12H15BrClNO. The van der Waals surface area contributed by atoms with Crippen LogP contribution in [0.3, 0.4) is 0 Å². The number of hydrogen-bond acceptors (Lipinski definition) is 2. The molecule has 1 fully saturated rings. The Kier molecular flexibility index (Phi) is 4.11. The molecule has 0 atom stereocenters. The maximum atomic E-state index is 5.86. The number of nitrogens with one attached hydrogen (secondary N) is 1. The summed E-state index contributed by atoms with van der Waals surface area (Å²) in [5, 5.41) is 3.44. The van der Waals surface area contributed by atoms with E-state index in [1.165, 1.54) is 12.8 Å². The Morgan fingerprint density at radius 3 is 2.88 bits per heavy atom. The molecule has 0 saturated heterocycles. The summed E-state index contributed by atoms with van der Waals surface area (Å²) < 4.78 is 6.66. The summed E-state index contributed by atoms with van der Waals surface area (Å²) in [5.41, 5.74) is 0.211. The van der Waals surface area contributed by atoms with Gasteiger partial charge in [-0.1, -0.05) is 22.0 Å². The van der Waals surface area contributed by atoms with Crippen molar-refractivity contribution >= 4 is 27.5 Å². The zero-order chi connectivity index (χ0) is 11.4. The lowest BCUT2D eigenvalue weighted by atomic mass is 10.3. The smallest absolute Gasteiger partial charge is 0.120 e. The van der Waals surface area contributed by atoms with Crippen molar-refractivity contribution in [2.75, 3.05) is 19.0 Å².